The summed E-state index contributed by atoms with van der Waals surface area (Å²) in [5, 5.41) is 10.2. The summed E-state index contributed by atoms with van der Waals surface area (Å²) < 4.78 is 51.3. The van der Waals surface area contributed by atoms with Gasteiger partial charge in [-0.05, 0) is 37.5 Å². The van der Waals surface area contributed by atoms with Crippen molar-refractivity contribution in [1.29, 1.82) is 0 Å². The maximum absolute atomic E-state index is 13.6. The van der Waals surface area contributed by atoms with Crippen molar-refractivity contribution in [2.75, 3.05) is 0 Å². The van der Waals surface area contributed by atoms with Crippen molar-refractivity contribution in [2.45, 2.75) is 31.0 Å². The van der Waals surface area contributed by atoms with Gasteiger partial charge in [-0.25, -0.2) is 4.39 Å². The third-order valence-electron chi connectivity index (χ3n) is 3.08. The first-order chi connectivity index (χ1) is 8.33. The lowest BCUT2D eigenvalue weighted by atomic mass is 9.83. The molecule has 1 aromatic rings. The van der Waals surface area contributed by atoms with Crippen molar-refractivity contribution in [3.05, 3.63) is 47.3 Å². The van der Waals surface area contributed by atoms with E-state index in [0.717, 1.165) is 12.5 Å². The minimum atomic E-state index is -4.54. The number of hydrogen-bond acceptors (Lipinski definition) is 1. The lowest BCUT2D eigenvalue weighted by Gasteiger charge is -2.28. The Morgan fingerprint density at radius 1 is 1.22 bits per heavy atom. The first-order valence-electron chi connectivity index (χ1n) is 5.60. The summed E-state index contributed by atoms with van der Waals surface area (Å²) >= 11 is 0. The van der Waals surface area contributed by atoms with Gasteiger partial charge in [0.05, 0.1) is 5.56 Å². The van der Waals surface area contributed by atoms with Gasteiger partial charge in [-0.15, -0.1) is 0 Å². The molecule has 0 saturated heterocycles. The molecular formula is C13H12F4O. The smallest absolute Gasteiger partial charge is 0.381 e. The molecule has 0 aromatic heterocycles. The molecule has 0 heterocycles. The van der Waals surface area contributed by atoms with Gasteiger partial charge in [-0.1, -0.05) is 12.2 Å². The standard InChI is InChI=1S/C13H12F4O/c14-11-5-4-9(13(15,16)17)8-10(11)12(18)6-2-1-3-7-12/h2,4-6,8,18H,1,3,7H2. The molecule has 0 aliphatic heterocycles. The van der Waals surface area contributed by atoms with Gasteiger partial charge in [0.1, 0.15) is 11.4 Å². The molecule has 0 fully saturated rings. The van der Waals surface area contributed by atoms with Crippen molar-refractivity contribution < 1.29 is 22.7 Å². The van der Waals surface area contributed by atoms with Gasteiger partial charge in [0.15, 0.2) is 0 Å². The predicted octanol–water partition coefficient (Wildman–Crippen LogP) is 3.77. The molecule has 98 valence electrons. The van der Waals surface area contributed by atoms with E-state index in [-0.39, 0.29) is 12.0 Å². The molecule has 0 amide bonds. The van der Waals surface area contributed by atoms with Crippen molar-refractivity contribution in [2.24, 2.45) is 0 Å². The summed E-state index contributed by atoms with van der Waals surface area (Å²) in [6, 6.07) is 2.11. The monoisotopic (exact) mass is 260 g/mol. The molecule has 0 spiro atoms. The van der Waals surface area contributed by atoms with E-state index in [1.54, 1.807) is 6.08 Å². The summed E-state index contributed by atoms with van der Waals surface area (Å²) in [7, 11) is 0. The number of alkyl halides is 3. The SMILES string of the molecule is OC1(c2cc(C(F)(F)F)ccc2F)C=CCCC1. The van der Waals surface area contributed by atoms with Crippen LogP contribution in [0, 0.1) is 5.82 Å². The van der Waals surface area contributed by atoms with Gasteiger partial charge in [0.25, 0.3) is 0 Å². The zero-order valence-electron chi connectivity index (χ0n) is 9.47. The Morgan fingerprint density at radius 2 is 1.94 bits per heavy atom. The van der Waals surface area contributed by atoms with E-state index in [0.29, 0.717) is 18.6 Å². The van der Waals surface area contributed by atoms with E-state index in [9.17, 15) is 22.7 Å². The van der Waals surface area contributed by atoms with Crippen LogP contribution < -0.4 is 0 Å². The quantitative estimate of drug-likeness (QED) is 0.602. The van der Waals surface area contributed by atoms with Crippen molar-refractivity contribution in [1.82, 2.24) is 0 Å². The fraction of sp³-hybridized carbons (Fsp3) is 0.385. The molecule has 1 nitrogen and oxygen atoms in total. The molecule has 0 bridgehead atoms. The van der Waals surface area contributed by atoms with Crippen LogP contribution in [0.1, 0.15) is 30.4 Å². The van der Waals surface area contributed by atoms with E-state index in [1.807, 2.05) is 0 Å². The van der Waals surface area contributed by atoms with Crippen LogP contribution in [0.5, 0.6) is 0 Å². The fourth-order valence-corrected chi connectivity index (χ4v) is 2.11. The lowest BCUT2D eigenvalue weighted by molar-refractivity contribution is -0.137. The molecule has 1 unspecified atom stereocenters. The highest BCUT2D eigenvalue weighted by Gasteiger charge is 2.35. The number of benzene rings is 1. The zero-order chi connectivity index (χ0) is 13.4. The van der Waals surface area contributed by atoms with E-state index in [2.05, 4.69) is 0 Å². The highest BCUT2D eigenvalue weighted by Crippen LogP contribution is 2.37. The molecule has 1 aliphatic rings. The molecule has 1 N–H and O–H groups in total. The average molecular weight is 260 g/mol. The average Bonchev–Trinajstić information content (AvgIpc) is 2.28. The third kappa shape index (κ3) is 2.41. The van der Waals surface area contributed by atoms with Gasteiger partial charge >= 0.3 is 6.18 Å². The topological polar surface area (TPSA) is 20.2 Å². The van der Waals surface area contributed by atoms with Crippen LogP contribution in [0.15, 0.2) is 30.4 Å². The first-order valence-corrected chi connectivity index (χ1v) is 5.60. The van der Waals surface area contributed by atoms with Gasteiger partial charge in [0.2, 0.25) is 0 Å². The van der Waals surface area contributed by atoms with Gasteiger partial charge in [-0.2, -0.15) is 13.2 Å². The minimum absolute atomic E-state index is 0.224. The zero-order valence-corrected chi connectivity index (χ0v) is 9.47. The Balaban J connectivity index is 2.50. The number of rotatable bonds is 1. The Kier molecular flexibility index (Phi) is 3.19. The number of allylic oxidation sites excluding steroid dienone is 1. The van der Waals surface area contributed by atoms with Crippen LogP contribution in [0.3, 0.4) is 0 Å². The van der Waals surface area contributed by atoms with E-state index < -0.39 is 23.2 Å². The summed E-state index contributed by atoms with van der Waals surface area (Å²) in [6.07, 6.45) is 0.0583. The molecule has 1 atom stereocenters. The van der Waals surface area contributed by atoms with Crippen LogP contribution in [-0.2, 0) is 11.8 Å². The van der Waals surface area contributed by atoms with Gasteiger partial charge < -0.3 is 5.11 Å². The van der Waals surface area contributed by atoms with Crippen LogP contribution in [0.4, 0.5) is 17.6 Å². The molecule has 2 rings (SSSR count). The van der Waals surface area contributed by atoms with Crippen LogP contribution in [-0.4, -0.2) is 5.11 Å². The summed E-state index contributed by atoms with van der Waals surface area (Å²) in [5.74, 6) is -0.822. The molecule has 1 aliphatic carbocycles. The van der Waals surface area contributed by atoms with E-state index in [4.69, 9.17) is 0 Å². The molecule has 0 radical (unpaired) electrons. The number of halogens is 4. The number of aliphatic hydroxyl groups is 1. The van der Waals surface area contributed by atoms with E-state index in [1.165, 1.54) is 6.08 Å². The van der Waals surface area contributed by atoms with Crippen molar-refractivity contribution in [3.8, 4) is 0 Å². The highest BCUT2D eigenvalue weighted by molar-refractivity contribution is 5.35. The molecule has 18 heavy (non-hydrogen) atoms. The largest absolute Gasteiger partial charge is 0.416 e. The molecular weight excluding hydrogens is 248 g/mol. The summed E-state index contributed by atoms with van der Waals surface area (Å²) in [5.41, 5.74) is -2.90. The second-order valence-electron chi connectivity index (χ2n) is 4.41. The Morgan fingerprint density at radius 3 is 2.50 bits per heavy atom. The highest BCUT2D eigenvalue weighted by atomic mass is 19.4. The summed E-state index contributed by atoms with van der Waals surface area (Å²) in [6.45, 7) is 0. The van der Waals surface area contributed by atoms with Gasteiger partial charge in [0, 0.05) is 5.56 Å². The van der Waals surface area contributed by atoms with Crippen LogP contribution in [0.25, 0.3) is 0 Å². The predicted molar refractivity (Wildman–Crippen MR) is 58.3 cm³/mol. The molecule has 5 heteroatoms. The van der Waals surface area contributed by atoms with Gasteiger partial charge in [-0.3, -0.25) is 0 Å². The maximum Gasteiger partial charge on any atom is 0.416 e. The van der Waals surface area contributed by atoms with Crippen molar-refractivity contribution in [3.63, 3.8) is 0 Å². The van der Waals surface area contributed by atoms with Crippen LogP contribution >= 0.6 is 0 Å². The third-order valence-corrected chi connectivity index (χ3v) is 3.08. The Labute approximate surface area is 102 Å². The lowest BCUT2D eigenvalue weighted by Crippen LogP contribution is -2.26. The normalized spacial score (nSPS) is 24.3. The first kappa shape index (κ1) is 13.1. The maximum atomic E-state index is 13.6. The number of hydrogen-bond donors (Lipinski definition) is 1. The van der Waals surface area contributed by atoms with Crippen molar-refractivity contribution >= 4 is 0 Å². The van der Waals surface area contributed by atoms with Crippen LogP contribution in [0.2, 0.25) is 0 Å². The Bertz CT molecular complexity index is 478. The Hall–Kier alpha value is -1.36. The molecule has 0 saturated carbocycles. The summed E-state index contributed by atoms with van der Waals surface area (Å²) in [4.78, 5) is 0. The second kappa shape index (κ2) is 4.39. The second-order valence-corrected chi connectivity index (χ2v) is 4.41. The fourth-order valence-electron chi connectivity index (χ4n) is 2.11. The minimum Gasteiger partial charge on any atom is -0.381 e. The molecule has 1 aromatic carbocycles. The van der Waals surface area contributed by atoms with E-state index >= 15 is 0 Å².